The number of esters is 1. The molecule has 0 atom stereocenters. The lowest BCUT2D eigenvalue weighted by molar-refractivity contribution is -0.133. The predicted molar refractivity (Wildman–Crippen MR) is 79.8 cm³/mol. The summed E-state index contributed by atoms with van der Waals surface area (Å²) >= 11 is 0. The number of hydrogen-bond acceptors (Lipinski definition) is 4. The Balaban J connectivity index is 2.02. The van der Waals surface area contributed by atoms with Crippen molar-refractivity contribution in [2.45, 2.75) is 6.42 Å². The molecule has 0 spiro atoms. The van der Waals surface area contributed by atoms with Gasteiger partial charge in [0.1, 0.15) is 5.75 Å². The van der Waals surface area contributed by atoms with Gasteiger partial charge in [-0.2, -0.15) is 0 Å². The smallest absolute Gasteiger partial charge is 0.338 e. The van der Waals surface area contributed by atoms with Crippen molar-refractivity contribution in [3.05, 3.63) is 59.4 Å². The molecular weight excluding hydrogens is 266 g/mol. The van der Waals surface area contributed by atoms with Crippen molar-refractivity contribution in [2.75, 3.05) is 13.7 Å². The number of ether oxygens (including phenoxy) is 2. The number of pyridine rings is 1. The molecule has 0 unspecified atom stereocenters. The van der Waals surface area contributed by atoms with Gasteiger partial charge in [-0.05, 0) is 47.0 Å². The predicted octanol–water partition coefficient (Wildman–Crippen LogP) is 2.73. The summed E-state index contributed by atoms with van der Waals surface area (Å²) in [5, 5.41) is 0. The van der Waals surface area contributed by atoms with Crippen molar-refractivity contribution in [2.24, 2.45) is 0 Å². The van der Waals surface area contributed by atoms with Crippen molar-refractivity contribution < 1.29 is 14.3 Å². The SMILES string of the molecule is COC(=O)/C(=C/c1ccc2c(c1)CCO2)c1ccncc1. The van der Waals surface area contributed by atoms with Crippen molar-refractivity contribution >= 4 is 17.6 Å². The fourth-order valence-electron chi connectivity index (χ4n) is 2.36. The molecule has 1 aliphatic heterocycles. The summed E-state index contributed by atoms with van der Waals surface area (Å²) in [7, 11) is 1.38. The zero-order valence-corrected chi connectivity index (χ0v) is 11.7. The van der Waals surface area contributed by atoms with Crippen LogP contribution in [-0.4, -0.2) is 24.7 Å². The average molecular weight is 281 g/mol. The quantitative estimate of drug-likeness (QED) is 0.641. The molecule has 2 heterocycles. The van der Waals surface area contributed by atoms with Crippen LogP contribution in [0.5, 0.6) is 5.75 Å². The molecule has 4 nitrogen and oxygen atoms in total. The molecule has 0 saturated heterocycles. The number of methoxy groups -OCH3 is 1. The molecule has 3 rings (SSSR count). The summed E-state index contributed by atoms with van der Waals surface area (Å²) < 4.78 is 10.4. The van der Waals surface area contributed by atoms with Crippen molar-refractivity contribution in [1.29, 1.82) is 0 Å². The summed E-state index contributed by atoms with van der Waals surface area (Å²) in [6, 6.07) is 9.51. The monoisotopic (exact) mass is 281 g/mol. The molecule has 4 heteroatoms. The highest BCUT2D eigenvalue weighted by Crippen LogP contribution is 2.28. The lowest BCUT2D eigenvalue weighted by Gasteiger charge is -2.06. The van der Waals surface area contributed by atoms with Gasteiger partial charge in [-0.25, -0.2) is 4.79 Å². The van der Waals surface area contributed by atoms with E-state index in [1.54, 1.807) is 24.5 Å². The minimum Gasteiger partial charge on any atom is -0.493 e. The van der Waals surface area contributed by atoms with Gasteiger partial charge >= 0.3 is 5.97 Å². The van der Waals surface area contributed by atoms with E-state index in [0.29, 0.717) is 5.57 Å². The second-order valence-electron chi connectivity index (χ2n) is 4.75. The van der Waals surface area contributed by atoms with E-state index in [1.165, 1.54) is 12.7 Å². The average Bonchev–Trinajstić information content (AvgIpc) is 3.00. The van der Waals surface area contributed by atoms with Crippen molar-refractivity contribution in [3.63, 3.8) is 0 Å². The maximum atomic E-state index is 12.0. The largest absolute Gasteiger partial charge is 0.493 e. The second-order valence-corrected chi connectivity index (χ2v) is 4.75. The Morgan fingerprint density at radius 1 is 1.29 bits per heavy atom. The second kappa shape index (κ2) is 5.79. The lowest BCUT2D eigenvalue weighted by atomic mass is 10.0. The van der Waals surface area contributed by atoms with Crippen LogP contribution in [0.2, 0.25) is 0 Å². The highest BCUT2D eigenvalue weighted by atomic mass is 16.5. The van der Waals surface area contributed by atoms with Crippen molar-refractivity contribution in [3.8, 4) is 5.75 Å². The highest BCUT2D eigenvalue weighted by molar-refractivity contribution is 6.21. The van der Waals surface area contributed by atoms with Crippen LogP contribution in [0, 0.1) is 0 Å². The number of aromatic nitrogens is 1. The van der Waals surface area contributed by atoms with E-state index in [0.717, 1.165) is 29.9 Å². The molecule has 0 amide bonds. The van der Waals surface area contributed by atoms with Gasteiger partial charge in [-0.3, -0.25) is 4.98 Å². The van der Waals surface area contributed by atoms with Gasteiger partial charge in [0, 0.05) is 18.8 Å². The Bertz CT molecular complexity index is 692. The number of nitrogens with zero attached hydrogens (tertiary/aromatic N) is 1. The first-order valence-electron chi connectivity index (χ1n) is 6.74. The molecule has 0 bridgehead atoms. The molecule has 1 aromatic carbocycles. The van der Waals surface area contributed by atoms with Gasteiger partial charge < -0.3 is 9.47 Å². The van der Waals surface area contributed by atoms with E-state index in [2.05, 4.69) is 4.98 Å². The Hall–Kier alpha value is -2.62. The van der Waals surface area contributed by atoms with E-state index in [1.807, 2.05) is 24.3 Å². The number of benzene rings is 1. The van der Waals surface area contributed by atoms with Gasteiger partial charge in [0.05, 0.1) is 19.3 Å². The van der Waals surface area contributed by atoms with Gasteiger partial charge in [0.15, 0.2) is 0 Å². The van der Waals surface area contributed by atoms with Gasteiger partial charge in [-0.15, -0.1) is 0 Å². The van der Waals surface area contributed by atoms with Crippen LogP contribution >= 0.6 is 0 Å². The van der Waals surface area contributed by atoms with E-state index < -0.39 is 0 Å². The summed E-state index contributed by atoms with van der Waals surface area (Å²) in [5.41, 5.74) is 3.42. The number of hydrogen-bond donors (Lipinski definition) is 0. The van der Waals surface area contributed by atoms with Crippen LogP contribution in [0.4, 0.5) is 0 Å². The minimum atomic E-state index is -0.363. The van der Waals surface area contributed by atoms with Gasteiger partial charge in [-0.1, -0.05) is 6.07 Å². The van der Waals surface area contributed by atoms with E-state index >= 15 is 0 Å². The van der Waals surface area contributed by atoms with E-state index in [4.69, 9.17) is 9.47 Å². The number of fused-ring (bicyclic) bond motifs is 1. The molecule has 0 aliphatic carbocycles. The van der Waals surface area contributed by atoms with Crippen LogP contribution in [0.1, 0.15) is 16.7 Å². The molecule has 0 saturated carbocycles. The molecule has 1 aliphatic rings. The zero-order valence-electron chi connectivity index (χ0n) is 11.7. The fourth-order valence-corrected chi connectivity index (χ4v) is 2.36. The third-order valence-corrected chi connectivity index (χ3v) is 3.42. The summed E-state index contributed by atoms with van der Waals surface area (Å²) in [5.74, 6) is 0.564. The molecular formula is C17H15NO3. The Morgan fingerprint density at radius 2 is 2.10 bits per heavy atom. The van der Waals surface area contributed by atoms with Crippen LogP contribution in [0.3, 0.4) is 0 Å². The van der Waals surface area contributed by atoms with E-state index in [-0.39, 0.29) is 5.97 Å². The first kappa shape index (κ1) is 13.4. The molecule has 0 N–H and O–H groups in total. The van der Waals surface area contributed by atoms with Crippen LogP contribution < -0.4 is 4.74 Å². The number of carbonyl (C=O) groups is 1. The van der Waals surface area contributed by atoms with Gasteiger partial charge in [0.2, 0.25) is 0 Å². The first-order chi connectivity index (χ1) is 10.3. The third kappa shape index (κ3) is 2.79. The van der Waals surface area contributed by atoms with Crippen LogP contribution in [0.25, 0.3) is 11.6 Å². The molecule has 21 heavy (non-hydrogen) atoms. The lowest BCUT2D eigenvalue weighted by Crippen LogP contribution is -2.04. The zero-order chi connectivity index (χ0) is 14.7. The van der Waals surface area contributed by atoms with E-state index in [9.17, 15) is 4.79 Å². The number of carbonyl (C=O) groups excluding carboxylic acids is 1. The minimum absolute atomic E-state index is 0.363. The molecule has 0 fully saturated rings. The third-order valence-electron chi connectivity index (χ3n) is 3.42. The highest BCUT2D eigenvalue weighted by Gasteiger charge is 2.15. The first-order valence-corrected chi connectivity index (χ1v) is 6.74. The Kier molecular flexibility index (Phi) is 3.69. The van der Waals surface area contributed by atoms with Gasteiger partial charge in [0.25, 0.3) is 0 Å². The molecule has 0 radical (unpaired) electrons. The normalized spacial score (nSPS) is 13.5. The maximum Gasteiger partial charge on any atom is 0.338 e. The number of rotatable bonds is 3. The van der Waals surface area contributed by atoms with Crippen LogP contribution in [0.15, 0.2) is 42.7 Å². The molecule has 106 valence electrons. The Labute approximate surface area is 123 Å². The molecule has 2 aromatic rings. The summed E-state index contributed by atoms with van der Waals surface area (Å²) in [4.78, 5) is 16.0. The summed E-state index contributed by atoms with van der Waals surface area (Å²) in [6.07, 6.45) is 6.05. The Morgan fingerprint density at radius 3 is 2.86 bits per heavy atom. The topological polar surface area (TPSA) is 48.4 Å². The van der Waals surface area contributed by atoms with Crippen LogP contribution in [-0.2, 0) is 16.0 Å². The summed E-state index contributed by atoms with van der Waals surface area (Å²) in [6.45, 7) is 0.719. The standard InChI is InChI=1S/C17H15NO3/c1-20-17(19)15(13-4-7-18-8-5-13)11-12-2-3-16-14(10-12)6-9-21-16/h2-5,7-8,10-11H,6,9H2,1H3/b15-11+. The molecule has 1 aromatic heterocycles. The van der Waals surface area contributed by atoms with Crippen molar-refractivity contribution in [1.82, 2.24) is 4.98 Å². The maximum absolute atomic E-state index is 12.0. The fraction of sp³-hybridized carbons (Fsp3) is 0.176.